The highest BCUT2D eigenvalue weighted by atomic mass is 32.1. The largest absolute Gasteiger partial charge is 0.490 e. The van der Waals surface area contributed by atoms with Crippen LogP contribution in [0.25, 0.3) is 0 Å². The summed E-state index contributed by atoms with van der Waals surface area (Å²) in [6.07, 6.45) is -4.55. The van der Waals surface area contributed by atoms with Crippen molar-refractivity contribution in [3.8, 4) is 11.8 Å². The summed E-state index contributed by atoms with van der Waals surface area (Å²) in [5.74, 6) is -3.59. The molecule has 7 nitrogen and oxygen atoms in total. The topological polar surface area (TPSA) is 93.9 Å². The lowest BCUT2D eigenvalue weighted by molar-refractivity contribution is -0.143. The lowest BCUT2D eigenvalue weighted by Gasteiger charge is -2.29. The van der Waals surface area contributed by atoms with E-state index in [1.807, 2.05) is 0 Å². The summed E-state index contributed by atoms with van der Waals surface area (Å²) in [6.45, 7) is 4.38. The van der Waals surface area contributed by atoms with Gasteiger partial charge in [-0.2, -0.15) is 18.4 Å². The molecule has 0 aromatic heterocycles. The molecule has 0 bridgehead atoms. The van der Waals surface area contributed by atoms with Gasteiger partial charge in [-0.15, -0.1) is 0 Å². The molecule has 12 heteroatoms. The third-order valence-electron chi connectivity index (χ3n) is 5.81. The van der Waals surface area contributed by atoms with Crippen LogP contribution in [0.5, 0.6) is 5.75 Å². The van der Waals surface area contributed by atoms with E-state index in [1.165, 1.54) is 43.0 Å². The molecule has 1 atom stereocenters. The van der Waals surface area contributed by atoms with Gasteiger partial charge in [-0.05, 0) is 62.8 Å². The third-order valence-corrected chi connectivity index (χ3v) is 6.18. The Kier molecular flexibility index (Phi) is 7.27. The molecule has 1 aliphatic rings. The summed E-state index contributed by atoms with van der Waals surface area (Å²) in [4.78, 5) is 26.6. The average Bonchev–Trinajstić information content (AvgIpc) is 2.97. The number of anilines is 2. The van der Waals surface area contributed by atoms with Crippen molar-refractivity contribution in [1.29, 1.82) is 5.26 Å². The van der Waals surface area contributed by atoms with Gasteiger partial charge in [0, 0.05) is 11.8 Å². The Morgan fingerprint density at radius 2 is 1.86 bits per heavy atom. The smallest absolute Gasteiger partial charge is 0.417 e. The van der Waals surface area contributed by atoms with Crippen LogP contribution in [0.4, 0.5) is 28.9 Å². The van der Waals surface area contributed by atoms with E-state index < -0.39 is 46.5 Å². The molecule has 1 amide bonds. The first-order chi connectivity index (χ1) is 16.7. The number of nitriles is 1. The zero-order chi connectivity index (χ0) is 27.0. The molecule has 2 aromatic carbocycles. The second-order valence-corrected chi connectivity index (χ2v) is 8.89. The molecule has 0 radical (unpaired) electrons. The second-order valence-electron chi connectivity index (χ2n) is 8.53. The molecule has 1 unspecified atom stereocenters. The van der Waals surface area contributed by atoms with Crippen LogP contribution >= 0.6 is 12.2 Å². The number of carboxylic acid groups (broad SMARTS) is 1. The number of rotatable bonds is 7. The lowest BCUT2D eigenvalue weighted by Crippen LogP contribution is -2.44. The lowest BCUT2D eigenvalue weighted by atomic mass is 10.0. The number of nitrogens with zero attached hydrogens (tertiary/aromatic N) is 3. The zero-order valence-electron chi connectivity index (χ0n) is 19.4. The Labute approximate surface area is 209 Å². The first-order valence-electron chi connectivity index (χ1n) is 10.7. The van der Waals surface area contributed by atoms with Gasteiger partial charge < -0.3 is 14.7 Å². The first kappa shape index (κ1) is 26.9. The molecule has 2 aromatic rings. The van der Waals surface area contributed by atoms with Crippen LogP contribution < -0.4 is 14.5 Å². The van der Waals surface area contributed by atoms with E-state index in [0.29, 0.717) is 6.07 Å². The van der Waals surface area contributed by atoms with Crippen LogP contribution in [0, 0.1) is 23.1 Å². The molecular weight excluding hydrogens is 502 g/mol. The second kappa shape index (κ2) is 9.73. The molecule has 1 saturated heterocycles. The summed E-state index contributed by atoms with van der Waals surface area (Å²) >= 11 is 5.42. The van der Waals surface area contributed by atoms with E-state index in [4.69, 9.17) is 27.3 Å². The SMILES string of the molecule is CCC(COc1ccc(N2C(=S)N(c3ccc(C#N)c(C(F)(F)F)c3)C(=O)C2(C)C)cc1F)C(=O)O. The minimum atomic E-state index is -4.84. The molecular formula is C24H21F4N3O4S. The minimum absolute atomic E-state index is 0.140. The van der Waals surface area contributed by atoms with Gasteiger partial charge in [0.25, 0.3) is 5.91 Å². The molecule has 3 rings (SSSR count). The van der Waals surface area contributed by atoms with Gasteiger partial charge in [0.05, 0.1) is 28.8 Å². The summed E-state index contributed by atoms with van der Waals surface area (Å²) < 4.78 is 60.5. The van der Waals surface area contributed by atoms with Crippen molar-refractivity contribution < 1.29 is 37.0 Å². The van der Waals surface area contributed by atoms with Gasteiger partial charge in [-0.25, -0.2) is 4.39 Å². The van der Waals surface area contributed by atoms with E-state index in [0.717, 1.165) is 17.0 Å². The fourth-order valence-electron chi connectivity index (χ4n) is 3.76. The molecule has 190 valence electrons. The maximum absolute atomic E-state index is 14.8. The molecule has 36 heavy (non-hydrogen) atoms. The summed E-state index contributed by atoms with van der Waals surface area (Å²) in [7, 11) is 0. The summed E-state index contributed by atoms with van der Waals surface area (Å²) in [5, 5.41) is 18.0. The quantitative estimate of drug-likeness (QED) is 0.398. The average molecular weight is 524 g/mol. The summed E-state index contributed by atoms with van der Waals surface area (Å²) in [6, 6.07) is 8.00. The van der Waals surface area contributed by atoms with Crippen molar-refractivity contribution in [1.82, 2.24) is 0 Å². The molecule has 1 fully saturated rings. The molecule has 1 aliphatic heterocycles. The highest BCUT2D eigenvalue weighted by Crippen LogP contribution is 2.40. The van der Waals surface area contributed by atoms with E-state index in [1.54, 1.807) is 6.92 Å². The number of hydrogen-bond donors (Lipinski definition) is 1. The number of carbonyl (C=O) groups is 2. The van der Waals surface area contributed by atoms with Gasteiger partial charge in [-0.3, -0.25) is 14.5 Å². The fourth-order valence-corrected chi connectivity index (χ4v) is 4.28. The molecule has 0 saturated carbocycles. The van der Waals surface area contributed by atoms with Crippen molar-refractivity contribution in [2.45, 2.75) is 38.9 Å². The molecule has 1 heterocycles. The monoisotopic (exact) mass is 523 g/mol. The van der Waals surface area contributed by atoms with Gasteiger partial charge in [0.2, 0.25) is 0 Å². The third kappa shape index (κ3) is 4.83. The zero-order valence-corrected chi connectivity index (χ0v) is 20.2. The summed E-state index contributed by atoms with van der Waals surface area (Å²) in [5.41, 5.74) is -3.26. The highest BCUT2D eigenvalue weighted by Gasteiger charge is 2.51. The van der Waals surface area contributed by atoms with Crippen molar-refractivity contribution in [2.75, 3.05) is 16.4 Å². The Morgan fingerprint density at radius 3 is 2.39 bits per heavy atom. The number of amides is 1. The van der Waals surface area contributed by atoms with Gasteiger partial charge in [-0.1, -0.05) is 6.92 Å². The predicted octanol–water partition coefficient (Wildman–Crippen LogP) is 5.12. The number of carbonyl (C=O) groups excluding carboxylic acids is 1. The number of benzene rings is 2. The van der Waals surface area contributed by atoms with Crippen LogP contribution in [0.1, 0.15) is 38.3 Å². The maximum Gasteiger partial charge on any atom is 0.417 e. The number of halogens is 4. The first-order valence-corrected chi connectivity index (χ1v) is 11.1. The normalized spacial score (nSPS) is 16.2. The minimum Gasteiger partial charge on any atom is -0.490 e. The van der Waals surface area contributed by atoms with Crippen LogP contribution in [0.15, 0.2) is 36.4 Å². The van der Waals surface area contributed by atoms with Crippen LogP contribution in [-0.4, -0.2) is 34.2 Å². The van der Waals surface area contributed by atoms with Crippen LogP contribution in [-0.2, 0) is 15.8 Å². The van der Waals surface area contributed by atoms with Crippen LogP contribution in [0.3, 0.4) is 0 Å². The van der Waals surface area contributed by atoms with Crippen molar-refractivity contribution >= 4 is 40.6 Å². The fraction of sp³-hybridized carbons (Fsp3) is 0.333. The van der Waals surface area contributed by atoms with Gasteiger partial charge in [0.1, 0.15) is 12.1 Å². The van der Waals surface area contributed by atoms with Crippen molar-refractivity contribution in [2.24, 2.45) is 5.92 Å². The van der Waals surface area contributed by atoms with Crippen LogP contribution in [0.2, 0.25) is 0 Å². The van der Waals surface area contributed by atoms with E-state index in [2.05, 4.69) is 0 Å². The predicted molar refractivity (Wildman–Crippen MR) is 126 cm³/mol. The number of hydrogen-bond acceptors (Lipinski definition) is 5. The Hall–Kier alpha value is -3.72. The van der Waals surface area contributed by atoms with E-state index in [9.17, 15) is 27.2 Å². The van der Waals surface area contributed by atoms with Crippen molar-refractivity contribution in [3.63, 3.8) is 0 Å². The number of aliphatic carboxylic acids is 1. The number of thiocarbonyl (C=S) groups is 1. The molecule has 0 spiro atoms. The Morgan fingerprint density at radius 1 is 1.22 bits per heavy atom. The van der Waals surface area contributed by atoms with Crippen molar-refractivity contribution in [3.05, 3.63) is 53.3 Å². The number of alkyl halides is 3. The van der Waals surface area contributed by atoms with Gasteiger partial charge >= 0.3 is 12.1 Å². The van der Waals surface area contributed by atoms with E-state index >= 15 is 0 Å². The number of ether oxygens (including phenoxy) is 1. The highest BCUT2D eigenvalue weighted by molar-refractivity contribution is 7.81. The van der Waals surface area contributed by atoms with Gasteiger partial charge in [0.15, 0.2) is 16.7 Å². The Bertz CT molecular complexity index is 1270. The number of carboxylic acids is 1. The van der Waals surface area contributed by atoms with E-state index in [-0.39, 0.29) is 35.3 Å². The maximum atomic E-state index is 14.8. The standard InChI is InChI=1S/C24H21F4N3O4S/c1-4-13(20(32)33)12-35-19-8-7-16(10-18(19)25)31-22(36)30(21(34)23(31,2)3)15-6-5-14(11-29)17(9-15)24(26,27)28/h5-10,13H,4,12H2,1-3H3,(H,32,33). The molecule has 1 N–H and O–H groups in total. The molecule has 0 aliphatic carbocycles. The Balaban J connectivity index is 1.96.